The Morgan fingerprint density at radius 3 is 1.50 bits per heavy atom. The summed E-state index contributed by atoms with van der Waals surface area (Å²) >= 11 is 3.49. The second-order valence-corrected chi connectivity index (χ2v) is 3.50. The van der Waals surface area contributed by atoms with Gasteiger partial charge in [0.25, 0.3) is 0 Å². The molecule has 0 aromatic rings. The van der Waals surface area contributed by atoms with Gasteiger partial charge in [-0.25, -0.2) is 0 Å². The maximum Gasteiger partial charge on any atom is 0.0884 e. The molecule has 10 heavy (non-hydrogen) atoms. The van der Waals surface area contributed by atoms with Crippen LogP contribution in [0.1, 0.15) is 20.8 Å². The number of halogens is 1. The molecule has 0 aromatic carbocycles. The molecule has 0 bridgehead atoms. The van der Waals surface area contributed by atoms with E-state index in [4.69, 9.17) is 0 Å². The van der Waals surface area contributed by atoms with E-state index in [1.165, 1.54) is 30.7 Å². The van der Waals surface area contributed by atoms with Crippen molar-refractivity contribution in [3.05, 3.63) is 0 Å². The van der Waals surface area contributed by atoms with Crippen molar-refractivity contribution in [2.24, 2.45) is 0 Å². The molecule has 2 heteroatoms. The van der Waals surface area contributed by atoms with Crippen LogP contribution < -0.4 is 0 Å². The molecule has 0 rings (SSSR count). The van der Waals surface area contributed by atoms with E-state index in [9.17, 15) is 0 Å². The van der Waals surface area contributed by atoms with E-state index in [2.05, 4.69) is 36.7 Å². The van der Waals surface area contributed by atoms with Crippen LogP contribution in [0, 0.1) is 0 Å². The van der Waals surface area contributed by atoms with Gasteiger partial charge in [0.2, 0.25) is 0 Å². The molecule has 0 saturated heterocycles. The summed E-state index contributed by atoms with van der Waals surface area (Å²) in [5.41, 5.74) is 0. The molecule has 0 fully saturated rings. The molecule has 0 unspecified atom stereocenters. The first-order valence-corrected chi connectivity index (χ1v) is 5.27. The summed E-state index contributed by atoms with van der Waals surface area (Å²) in [6, 6.07) is 0. The number of hydrogen-bond donors (Lipinski definition) is 0. The lowest BCUT2D eigenvalue weighted by Crippen LogP contribution is -2.48. The SMILES string of the molecule is CC[N+](CC)(CC)CCBr. The van der Waals surface area contributed by atoms with Crippen molar-refractivity contribution in [2.75, 3.05) is 31.5 Å². The van der Waals surface area contributed by atoms with Gasteiger partial charge < -0.3 is 4.48 Å². The molecule has 1 nitrogen and oxygen atoms in total. The molecule has 0 atom stereocenters. The summed E-state index contributed by atoms with van der Waals surface area (Å²) in [4.78, 5) is 0. The van der Waals surface area contributed by atoms with Gasteiger partial charge in [-0.3, -0.25) is 0 Å². The fourth-order valence-electron chi connectivity index (χ4n) is 1.32. The van der Waals surface area contributed by atoms with Crippen molar-refractivity contribution >= 4 is 15.9 Å². The Labute approximate surface area is 73.1 Å². The third-order valence-corrected chi connectivity index (χ3v) is 2.93. The van der Waals surface area contributed by atoms with Crippen LogP contribution in [0.3, 0.4) is 0 Å². The van der Waals surface area contributed by atoms with Crippen molar-refractivity contribution in [3.8, 4) is 0 Å². The first-order chi connectivity index (χ1) is 4.74. The summed E-state index contributed by atoms with van der Waals surface area (Å²) in [6.45, 7) is 11.9. The fraction of sp³-hybridized carbons (Fsp3) is 1.00. The van der Waals surface area contributed by atoms with E-state index < -0.39 is 0 Å². The first kappa shape index (κ1) is 10.4. The quantitative estimate of drug-likeness (QED) is 0.481. The van der Waals surface area contributed by atoms with E-state index in [-0.39, 0.29) is 0 Å². The molecule has 0 spiro atoms. The Morgan fingerprint density at radius 2 is 1.40 bits per heavy atom. The minimum Gasteiger partial charge on any atom is -0.324 e. The van der Waals surface area contributed by atoms with Gasteiger partial charge in [-0.2, -0.15) is 0 Å². The third kappa shape index (κ3) is 2.59. The van der Waals surface area contributed by atoms with Gasteiger partial charge in [-0.05, 0) is 20.8 Å². The number of rotatable bonds is 5. The fourth-order valence-corrected chi connectivity index (χ4v) is 2.08. The molecule has 0 aliphatic heterocycles. The second kappa shape index (κ2) is 5.14. The van der Waals surface area contributed by atoms with Crippen molar-refractivity contribution in [1.29, 1.82) is 0 Å². The van der Waals surface area contributed by atoms with Gasteiger partial charge in [0.1, 0.15) is 0 Å². The predicted molar refractivity (Wildman–Crippen MR) is 50.5 cm³/mol. The highest BCUT2D eigenvalue weighted by Crippen LogP contribution is 2.05. The lowest BCUT2D eigenvalue weighted by atomic mass is 10.3. The Morgan fingerprint density at radius 1 is 1.00 bits per heavy atom. The van der Waals surface area contributed by atoms with E-state index in [1.807, 2.05) is 0 Å². The van der Waals surface area contributed by atoms with Crippen molar-refractivity contribution in [2.45, 2.75) is 20.8 Å². The molecular formula is C8H19BrN+. The van der Waals surface area contributed by atoms with Gasteiger partial charge in [0, 0.05) is 0 Å². The minimum atomic E-state index is 1.13. The average molecular weight is 209 g/mol. The highest BCUT2D eigenvalue weighted by Gasteiger charge is 2.18. The highest BCUT2D eigenvalue weighted by molar-refractivity contribution is 9.09. The second-order valence-electron chi connectivity index (χ2n) is 2.70. The number of alkyl halides is 1. The molecule has 0 N–H and O–H groups in total. The van der Waals surface area contributed by atoms with Crippen LogP contribution in [0.4, 0.5) is 0 Å². The van der Waals surface area contributed by atoms with Crippen LogP contribution in [0.2, 0.25) is 0 Å². The molecule has 0 saturated carbocycles. The first-order valence-electron chi connectivity index (χ1n) is 4.15. The monoisotopic (exact) mass is 208 g/mol. The lowest BCUT2D eigenvalue weighted by molar-refractivity contribution is -0.920. The summed E-state index contributed by atoms with van der Waals surface area (Å²) in [6.07, 6.45) is 0. The van der Waals surface area contributed by atoms with Gasteiger partial charge >= 0.3 is 0 Å². The Hall–Kier alpha value is 0.440. The molecule has 62 valence electrons. The van der Waals surface area contributed by atoms with Gasteiger partial charge in [0.05, 0.1) is 31.5 Å². The summed E-state index contributed by atoms with van der Waals surface area (Å²) in [5.74, 6) is 0. The van der Waals surface area contributed by atoms with Gasteiger partial charge in [-0.15, -0.1) is 0 Å². The molecule has 0 heterocycles. The standard InChI is InChI=1S/C8H19BrN/c1-4-10(5-2,6-3)8-7-9/h4-8H2,1-3H3/q+1. The zero-order valence-corrected chi connectivity index (χ0v) is 8.95. The smallest absolute Gasteiger partial charge is 0.0884 e. The zero-order chi connectivity index (χ0) is 8.04. The zero-order valence-electron chi connectivity index (χ0n) is 7.36. The van der Waals surface area contributed by atoms with Crippen molar-refractivity contribution in [3.63, 3.8) is 0 Å². The Balaban J connectivity index is 3.87. The van der Waals surface area contributed by atoms with Crippen LogP contribution in [0.25, 0.3) is 0 Å². The molecule has 0 aliphatic carbocycles. The number of quaternary nitrogens is 1. The van der Waals surface area contributed by atoms with Crippen LogP contribution >= 0.6 is 15.9 Å². The minimum absolute atomic E-state index is 1.13. The average Bonchev–Trinajstić information content (AvgIpc) is 2.01. The molecule has 0 aliphatic rings. The van der Waals surface area contributed by atoms with E-state index in [0.717, 1.165) is 5.33 Å². The maximum absolute atomic E-state index is 3.49. The highest BCUT2D eigenvalue weighted by atomic mass is 79.9. The van der Waals surface area contributed by atoms with Gasteiger partial charge in [0.15, 0.2) is 0 Å². The van der Waals surface area contributed by atoms with Crippen molar-refractivity contribution < 1.29 is 4.48 Å². The summed E-state index contributed by atoms with van der Waals surface area (Å²) < 4.78 is 1.26. The van der Waals surface area contributed by atoms with E-state index in [1.54, 1.807) is 0 Å². The lowest BCUT2D eigenvalue weighted by Gasteiger charge is -2.35. The molecular weight excluding hydrogens is 190 g/mol. The summed E-state index contributed by atoms with van der Waals surface area (Å²) in [5, 5.41) is 1.13. The van der Waals surface area contributed by atoms with Crippen LogP contribution in [0.5, 0.6) is 0 Å². The molecule has 0 aromatic heterocycles. The van der Waals surface area contributed by atoms with E-state index >= 15 is 0 Å². The van der Waals surface area contributed by atoms with Crippen LogP contribution in [-0.4, -0.2) is 36.0 Å². The van der Waals surface area contributed by atoms with Crippen LogP contribution in [0.15, 0.2) is 0 Å². The topological polar surface area (TPSA) is 0 Å². The maximum atomic E-state index is 3.49. The van der Waals surface area contributed by atoms with Gasteiger partial charge in [-0.1, -0.05) is 15.9 Å². The summed E-state index contributed by atoms with van der Waals surface area (Å²) in [7, 11) is 0. The Kier molecular flexibility index (Phi) is 5.36. The normalized spacial score (nSPS) is 12.0. The predicted octanol–water partition coefficient (Wildman–Crippen LogP) is 2.26. The molecule has 0 amide bonds. The van der Waals surface area contributed by atoms with E-state index in [0.29, 0.717) is 0 Å². The largest absolute Gasteiger partial charge is 0.324 e. The van der Waals surface area contributed by atoms with Crippen LogP contribution in [-0.2, 0) is 0 Å². The van der Waals surface area contributed by atoms with Crippen molar-refractivity contribution in [1.82, 2.24) is 0 Å². The Bertz CT molecular complexity index is 71.1. The number of hydrogen-bond acceptors (Lipinski definition) is 0. The number of nitrogens with zero attached hydrogens (tertiary/aromatic N) is 1. The molecule has 0 radical (unpaired) electrons. The third-order valence-electron chi connectivity index (χ3n) is 2.57.